The van der Waals surface area contributed by atoms with Gasteiger partial charge in [0.05, 0.1) is 19.6 Å². The number of methoxy groups -OCH3 is 2. The van der Waals surface area contributed by atoms with Gasteiger partial charge in [-0.05, 0) is 56.9 Å². The summed E-state index contributed by atoms with van der Waals surface area (Å²) in [5, 5.41) is 0. The predicted molar refractivity (Wildman–Crippen MR) is 72.0 cm³/mol. The fourth-order valence-electron chi connectivity index (χ4n) is 2.16. The maximum absolute atomic E-state index is 11.8. The average molecular weight is 250 g/mol. The van der Waals surface area contributed by atoms with Crippen molar-refractivity contribution < 1.29 is 14.3 Å². The van der Waals surface area contributed by atoms with Crippen LogP contribution in [0, 0.1) is 19.3 Å². The Morgan fingerprint density at radius 2 is 1.83 bits per heavy atom. The van der Waals surface area contributed by atoms with Gasteiger partial charge in [-0.2, -0.15) is 0 Å². The van der Waals surface area contributed by atoms with Gasteiger partial charge in [0.1, 0.15) is 5.75 Å². The van der Waals surface area contributed by atoms with Gasteiger partial charge >= 0.3 is 5.97 Å². The fourth-order valence-corrected chi connectivity index (χ4v) is 2.16. The summed E-state index contributed by atoms with van der Waals surface area (Å²) in [5.41, 5.74) is 2.81. The number of rotatable bonds is 4. The van der Waals surface area contributed by atoms with Gasteiger partial charge in [0.2, 0.25) is 0 Å². The molecule has 0 amide bonds. The first kappa shape index (κ1) is 14.6. The molecular weight excluding hydrogens is 228 g/mol. The summed E-state index contributed by atoms with van der Waals surface area (Å²) in [5.74, 6) is 0.633. The van der Waals surface area contributed by atoms with Gasteiger partial charge in [0.25, 0.3) is 0 Å². The van der Waals surface area contributed by atoms with Crippen LogP contribution in [0.5, 0.6) is 5.75 Å². The monoisotopic (exact) mass is 250 g/mol. The molecule has 0 N–H and O–H groups in total. The minimum absolute atomic E-state index is 0.204. The number of benzene rings is 1. The summed E-state index contributed by atoms with van der Waals surface area (Å²) in [6.07, 6.45) is 0.606. The molecule has 1 aromatic rings. The van der Waals surface area contributed by atoms with Crippen LogP contribution in [-0.2, 0) is 16.0 Å². The van der Waals surface area contributed by atoms with Crippen LogP contribution in [0.3, 0.4) is 0 Å². The highest BCUT2D eigenvalue weighted by Gasteiger charge is 2.30. The van der Waals surface area contributed by atoms with E-state index in [9.17, 15) is 4.79 Å². The quantitative estimate of drug-likeness (QED) is 0.770. The molecule has 0 heterocycles. The molecule has 1 rings (SSSR count). The van der Waals surface area contributed by atoms with E-state index in [4.69, 9.17) is 9.47 Å². The maximum Gasteiger partial charge on any atom is 0.311 e. The Hall–Kier alpha value is -1.51. The number of hydrogen-bond donors (Lipinski definition) is 0. The van der Waals surface area contributed by atoms with Crippen LogP contribution >= 0.6 is 0 Å². The lowest BCUT2D eigenvalue weighted by molar-refractivity contribution is -0.150. The molecule has 0 aliphatic rings. The standard InChI is InChI=1S/C15H22O3/c1-10-7-11(2)12(13(8-10)17-5)9-15(3,4)14(16)18-6/h7-8H,9H2,1-6H3. The van der Waals surface area contributed by atoms with Crippen molar-refractivity contribution in [3.63, 3.8) is 0 Å². The number of esters is 1. The second-order valence-electron chi connectivity index (χ2n) is 5.31. The summed E-state index contributed by atoms with van der Waals surface area (Å²) >= 11 is 0. The van der Waals surface area contributed by atoms with Gasteiger partial charge in [0.15, 0.2) is 0 Å². The zero-order chi connectivity index (χ0) is 13.9. The van der Waals surface area contributed by atoms with E-state index < -0.39 is 5.41 Å². The largest absolute Gasteiger partial charge is 0.496 e. The summed E-state index contributed by atoms with van der Waals surface area (Å²) in [7, 11) is 3.08. The van der Waals surface area contributed by atoms with Gasteiger partial charge in [0, 0.05) is 0 Å². The van der Waals surface area contributed by atoms with E-state index in [0.717, 1.165) is 22.4 Å². The Morgan fingerprint density at radius 1 is 1.22 bits per heavy atom. The SMILES string of the molecule is COC(=O)C(C)(C)Cc1c(C)cc(C)cc1OC. The zero-order valence-electron chi connectivity index (χ0n) is 12.1. The van der Waals surface area contributed by atoms with Gasteiger partial charge in [-0.25, -0.2) is 0 Å². The molecule has 3 heteroatoms. The first-order chi connectivity index (χ1) is 8.31. The van der Waals surface area contributed by atoms with E-state index in [1.165, 1.54) is 7.11 Å². The molecule has 0 unspecified atom stereocenters. The lowest BCUT2D eigenvalue weighted by Crippen LogP contribution is -2.28. The third-order valence-corrected chi connectivity index (χ3v) is 3.15. The third kappa shape index (κ3) is 3.03. The van der Waals surface area contributed by atoms with Crippen LogP contribution in [0.25, 0.3) is 0 Å². The maximum atomic E-state index is 11.8. The minimum atomic E-state index is -0.554. The molecule has 100 valence electrons. The molecule has 0 aromatic heterocycles. The van der Waals surface area contributed by atoms with Crippen LogP contribution < -0.4 is 4.74 Å². The summed E-state index contributed by atoms with van der Waals surface area (Å²) in [4.78, 5) is 11.8. The predicted octanol–water partition coefficient (Wildman–Crippen LogP) is 3.05. The van der Waals surface area contributed by atoms with E-state index >= 15 is 0 Å². The van der Waals surface area contributed by atoms with Crippen molar-refractivity contribution in [1.82, 2.24) is 0 Å². The van der Waals surface area contributed by atoms with Crippen molar-refractivity contribution in [3.05, 3.63) is 28.8 Å². The van der Waals surface area contributed by atoms with Crippen LogP contribution in [0.4, 0.5) is 0 Å². The van der Waals surface area contributed by atoms with Crippen molar-refractivity contribution in [3.8, 4) is 5.75 Å². The average Bonchev–Trinajstić information content (AvgIpc) is 2.30. The molecule has 0 radical (unpaired) electrons. The van der Waals surface area contributed by atoms with Crippen LogP contribution in [-0.4, -0.2) is 20.2 Å². The second kappa shape index (κ2) is 5.42. The molecule has 0 spiro atoms. The van der Waals surface area contributed by atoms with Gasteiger partial charge in [-0.15, -0.1) is 0 Å². The summed E-state index contributed by atoms with van der Waals surface area (Å²) in [6.45, 7) is 7.85. The second-order valence-corrected chi connectivity index (χ2v) is 5.31. The van der Waals surface area contributed by atoms with E-state index in [-0.39, 0.29) is 5.97 Å². The highest BCUT2D eigenvalue weighted by atomic mass is 16.5. The topological polar surface area (TPSA) is 35.5 Å². The molecule has 0 atom stereocenters. The molecule has 0 bridgehead atoms. The highest BCUT2D eigenvalue weighted by molar-refractivity contribution is 5.76. The lowest BCUT2D eigenvalue weighted by atomic mass is 9.83. The zero-order valence-corrected chi connectivity index (χ0v) is 12.1. The van der Waals surface area contributed by atoms with Crippen molar-refractivity contribution in [2.45, 2.75) is 34.1 Å². The number of ether oxygens (including phenoxy) is 2. The fraction of sp³-hybridized carbons (Fsp3) is 0.533. The molecule has 0 saturated heterocycles. The number of carbonyl (C=O) groups excluding carboxylic acids is 1. The van der Waals surface area contributed by atoms with Crippen molar-refractivity contribution >= 4 is 5.97 Å². The van der Waals surface area contributed by atoms with E-state index in [0.29, 0.717) is 6.42 Å². The Bertz CT molecular complexity index is 447. The van der Waals surface area contributed by atoms with Gasteiger partial charge < -0.3 is 9.47 Å². The van der Waals surface area contributed by atoms with E-state index in [1.54, 1.807) is 7.11 Å². The Kier molecular flexibility index (Phi) is 4.38. The summed E-state index contributed by atoms with van der Waals surface area (Å²) < 4.78 is 10.3. The number of carbonyl (C=O) groups is 1. The Labute approximate surface area is 109 Å². The molecular formula is C15H22O3. The van der Waals surface area contributed by atoms with Crippen LogP contribution in [0.15, 0.2) is 12.1 Å². The van der Waals surface area contributed by atoms with Crippen molar-refractivity contribution in [2.24, 2.45) is 5.41 Å². The van der Waals surface area contributed by atoms with Crippen LogP contribution in [0.2, 0.25) is 0 Å². The molecule has 0 fully saturated rings. The summed E-state index contributed by atoms with van der Waals surface area (Å²) in [6, 6.07) is 4.10. The highest BCUT2D eigenvalue weighted by Crippen LogP contribution is 2.32. The Morgan fingerprint density at radius 3 is 2.33 bits per heavy atom. The minimum Gasteiger partial charge on any atom is -0.496 e. The van der Waals surface area contributed by atoms with Gasteiger partial charge in [-0.3, -0.25) is 4.79 Å². The molecule has 0 saturated carbocycles. The third-order valence-electron chi connectivity index (χ3n) is 3.15. The molecule has 1 aromatic carbocycles. The van der Waals surface area contributed by atoms with E-state index in [2.05, 4.69) is 6.07 Å². The smallest absolute Gasteiger partial charge is 0.311 e. The molecule has 0 aliphatic heterocycles. The number of aryl methyl sites for hydroxylation is 2. The van der Waals surface area contributed by atoms with E-state index in [1.807, 2.05) is 33.8 Å². The molecule has 18 heavy (non-hydrogen) atoms. The number of hydrogen-bond acceptors (Lipinski definition) is 3. The lowest BCUT2D eigenvalue weighted by Gasteiger charge is -2.24. The van der Waals surface area contributed by atoms with Crippen molar-refractivity contribution in [2.75, 3.05) is 14.2 Å². The molecule has 3 nitrogen and oxygen atoms in total. The first-order valence-corrected chi connectivity index (χ1v) is 6.04. The first-order valence-electron chi connectivity index (χ1n) is 6.04. The Balaban J connectivity index is 3.15. The molecule has 0 aliphatic carbocycles. The van der Waals surface area contributed by atoms with Crippen LogP contribution in [0.1, 0.15) is 30.5 Å². The normalized spacial score (nSPS) is 11.2. The van der Waals surface area contributed by atoms with Crippen molar-refractivity contribution in [1.29, 1.82) is 0 Å². The van der Waals surface area contributed by atoms with Gasteiger partial charge in [-0.1, -0.05) is 6.07 Å².